The van der Waals surface area contributed by atoms with E-state index in [9.17, 15) is 0 Å². The number of halogens is 2. The van der Waals surface area contributed by atoms with Crippen molar-refractivity contribution in [2.45, 2.75) is 20.3 Å². The van der Waals surface area contributed by atoms with Crippen LogP contribution in [0, 0.1) is 6.92 Å². The second kappa shape index (κ2) is 7.48. The second-order valence-electron chi connectivity index (χ2n) is 4.65. The van der Waals surface area contributed by atoms with Gasteiger partial charge in [-0.05, 0) is 49.8 Å². The van der Waals surface area contributed by atoms with Crippen molar-refractivity contribution in [3.63, 3.8) is 0 Å². The minimum atomic E-state index is 0.613. The van der Waals surface area contributed by atoms with Crippen LogP contribution in [-0.4, -0.2) is 11.6 Å². The number of benzene rings is 1. The van der Waals surface area contributed by atoms with Crippen molar-refractivity contribution in [2.24, 2.45) is 0 Å². The Morgan fingerprint density at radius 3 is 2.48 bits per heavy atom. The van der Waals surface area contributed by atoms with E-state index >= 15 is 0 Å². The highest BCUT2D eigenvalue weighted by molar-refractivity contribution is 6.37. The molecule has 2 nitrogen and oxygen atoms in total. The topological polar surface area (TPSA) is 22.1 Å². The highest BCUT2D eigenvalue weighted by Crippen LogP contribution is 2.27. The van der Waals surface area contributed by atoms with Gasteiger partial charge in [0.25, 0.3) is 0 Å². The summed E-state index contributed by atoms with van der Waals surface area (Å²) in [7, 11) is 0. The summed E-state index contributed by atoms with van der Waals surface area (Å²) < 4.78 is 5.71. The third kappa shape index (κ3) is 4.23. The lowest BCUT2D eigenvalue weighted by molar-refractivity contribution is 0.315. The van der Waals surface area contributed by atoms with Gasteiger partial charge in [0, 0.05) is 21.3 Å². The van der Waals surface area contributed by atoms with Gasteiger partial charge in [0.1, 0.15) is 11.4 Å². The highest BCUT2D eigenvalue weighted by atomic mass is 35.5. The minimum absolute atomic E-state index is 0.613. The molecule has 0 N–H and O–H groups in total. The Morgan fingerprint density at radius 1 is 1.10 bits per heavy atom. The van der Waals surface area contributed by atoms with Gasteiger partial charge in [-0.25, -0.2) is 4.98 Å². The molecule has 0 radical (unpaired) electrons. The molecule has 0 saturated heterocycles. The number of pyridine rings is 1. The van der Waals surface area contributed by atoms with Crippen molar-refractivity contribution in [1.29, 1.82) is 0 Å². The molecule has 21 heavy (non-hydrogen) atoms. The molecule has 2 aromatic rings. The van der Waals surface area contributed by atoms with Gasteiger partial charge in [0.2, 0.25) is 0 Å². The van der Waals surface area contributed by atoms with Gasteiger partial charge in [-0.15, -0.1) is 0 Å². The van der Waals surface area contributed by atoms with Crippen LogP contribution in [0.3, 0.4) is 0 Å². The third-order valence-electron chi connectivity index (χ3n) is 2.89. The average molecular weight is 322 g/mol. The lowest BCUT2D eigenvalue weighted by atomic mass is 10.2. The van der Waals surface area contributed by atoms with Crippen LogP contribution >= 0.6 is 23.2 Å². The zero-order valence-electron chi connectivity index (χ0n) is 12.1. The van der Waals surface area contributed by atoms with Crippen LogP contribution in [-0.2, 0) is 0 Å². The number of aromatic nitrogens is 1. The molecule has 0 aliphatic rings. The normalized spacial score (nSPS) is 11.0. The summed E-state index contributed by atoms with van der Waals surface area (Å²) in [5, 5.41) is 1.23. The Balaban J connectivity index is 2.33. The zero-order chi connectivity index (χ0) is 15.2. The molecule has 0 atom stereocenters. The molecule has 0 amide bonds. The Labute approximate surface area is 135 Å². The number of ether oxygens (including phenoxy) is 1. The van der Waals surface area contributed by atoms with E-state index in [1.54, 1.807) is 0 Å². The summed E-state index contributed by atoms with van der Waals surface area (Å²) in [6, 6.07) is 9.32. The first kappa shape index (κ1) is 15.9. The summed E-state index contributed by atoms with van der Waals surface area (Å²) >= 11 is 12.3. The summed E-state index contributed by atoms with van der Waals surface area (Å²) in [6.07, 6.45) is 4.70. The predicted octanol–water partition coefficient (Wildman–Crippen LogP) is 5.66. The van der Waals surface area contributed by atoms with E-state index in [4.69, 9.17) is 27.9 Å². The van der Waals surface area contributed by atoms with Gasteiger partial charge < -0.3 is 4.74 Å². The maximum Gasteiger partial charge on any atom is 0.144 e. The van der Waals surface area contributed by atoms with Crippen molar-refractivity contribution in [1.82, 2.24) is 4.98 Å². The van der Waals surface area contributed by atoms with Crippen LogP contribution in [0.15, 0.2) is 30.3 Å². The molecule has 0 unspecified atom stereocenters. The van der Waals surface area contributed by atoms with E-state index < -0.39 is 0 Å². The van der Waals surface area contributed by atoms with Crippen molar-refractivity contribution >= 4 is 35.4 Å². The van der Waals surface area contributed by atoms with Gasteiger partial charge in [0.05, 0.1) is 6.61 Å². The molecule has 1 aromatic carbocycles. The second-order valence-corrected chi connectivity index (χ2v) is 5.47. The molecule has 0 aliphatic heterocycles. The van der Waals surface area contributed by atoms with Crippen molar-refractivity contribution in [3.05, 3.63) is 57.3 Å². The van der Waals surface area contributed by atoms with Crippen LogP contribution in [0.1, 0.15) is 30.3 Å². The van der Waals surface area contributed by atoms with E-state index in [1.807, 2.05) is 49.4 Å². The first-order valence-corrected chi connectivity index (χ1v) is 7.60. The van der Waals surface area contributed by atoms with Crippen LogP contribution in [0.25, 0.3) is 12.2 Å². The molecule has 0 aliphatic carbocycles. The van der Waals surface area contributed by atoms with Crippen LogP contribution in [0.4, 0.5) is 0 Å². The van der Waals surface area contributed by atoms with Crippen molar-refractivity contribution in [3.8, 4) is 5.75 Å². The number of aryl methyl sites for hydroxylation is 1. The summed E-state index contributed by atoms with van der Waals surface area (Å²) in [5.41, 5.74) is 2.49. The lowest BCUT2D eigenvalue weighted by Gasteiger charge is -2.08. The summed E-state index contributed by atoms with van der Waals surface area (Å²) in [4.78, 5) is 4.50. The monoisotopic (exact) mass is 321 g/mol. The van der Waals surface area contributed by atoms with Crippen LogP contribution in [0.5, 0.6) is 5.75 Å². The van der Waals surface area contributed by atoms with Crippen molar-refractivity contribution < 1.29 is 4.74 Å². The standard InChI is InChI=1S/C17H17Cl2NO/c1-3-11-21-17-10-7-12(2)20-16(17)9-8-13-14(18)5-4-6-15(13)19/h4-10H,3,11H2,1-2H3. The van der Waals surface area contributed by atoms with E-state index in [1.165, 1.54) is 0 Å². The molecule has 0 spiro atoms. The van der Waals surface area contributed by atoms with E-state index in [2.05, 4.69) is 11.9 Å². The smallest absolute Gasteiger partial charge is 0.144 e. The lowest BCUT2D eigenvalue weighted by Crippen LogP contribution is -1.99. The van der Waals surface area contributed by atoms with E-state index in [-0.39, 0.29) is 0 Å². The van der Waals surface area contributed by atoms with E-state index in [0.29, 0.717) is 16.7 Å². The van der Waals surface area contributed by atoms with Crippen LogP contribution < -0.4 is 4.74 Å². The molecule has 2 rings (SSSR count). The molecule has 0 bridgehead atoms. The van der Waals surface area contributed by atoms with Gasteiger partial charge in [-0.1, -0.05) is 36.2 Å². The minimum Gasteiger partial charge on any atom is -0.491 e. The molecule has 1 aromatic heterocycles. The molecule has 0 saturated carbocycles. The maximum atomic E-state index is 6.16. The summed E-state index contributed by atoms with van der Waals surface area (Å²) in [6.45, 7) is 4.68. The number of nitrogens with zero attached hydrogens (tertiary/aromatic N) is 1. The van der Waals surface area contributed by atoms with Gasteiger partial charge in [0.15, 0.2) is 0 Å². The fourth-order valence-electron chi connectivity index (χ4n) is 1.85. The zero-order valence-corrected chi connectivity index (χ0v) is 13.6. The number of hydrogen-bond acceptors (Lipinski definition) is 2. The van der Waals surface area contributed by atoms with Gasteiger partial charge >= 0.3 is 0 Å². The number of hydrogen-bond donors (Lipinski definition) is 0. The molecule has 4 heteroatoms. The first-order chi connectivity index (χ1) is 10.1. The fourth-order valence-corrected chi connectivity index (χ4v) is 2.37. The van der Waals surface area contributed by atoms with Crippen molar-refractivity contribution in [2.75, 3.05) is 6.61 Å². The maximum absolute atomic E-state index is 6.16. The molecule has 0 fully saturated rings. The molecular formula is C17H17Cl2NO. The third-order valence-corrected chi connectivity index (χ3v) is 3.55. The highest BCUT2D eigenvalue weighted by Gasteiger charge is 2.05. The average Bonchev–Trinajstić information content (AvgIpc) is 2.46. The molecular weight excluding hydrogens is 305 g/mol. The van der Waals surface area contributed by atoms with Gasteiger partial charge in [-0.2, -0.15) is 0 Å². The van der Waals surface area contributed by atoms with Crippen LogP contribution in [0.2, 0.25) is 10.0 Å². The predicted molar refractivity (Wildman–Crippen MR) is 90.2 cm³/mol. The Morgan fingerprint density at radius 2 is 1.81 bits per heavy atom. The van der Waals surface area contributed by atoms with E-state index in [0.717, 1.165) is 29.1 Å². The fraction of sp³-hybridized carbons (Fsp3) is 0.235. The summed E-state index contributed by atoms with van der Waals surface area (Å²) in [5.74, 6) is 0.766. The molecule has 1 heterocycles. The molecule has 110 valence electrons. The SMILES string of the molecule is CCCOc1ccc(C)nc1C=Cc1c(Cl)cccc1Cl. The quantitative estimate of drug-likeness (QED) is 0.709. The Bertz CT molecular complexity index is 633. The van der Waals surface area contributed by atoms with Gasteiger partial charge in [-0.3, -0.25) is 0 Å². The Kier molecular flexibility index (Phi) is 5.66. The largest absolute Gasteiger partial charge is 0.491 e. The number of rotatable bonds is 5. The first-order valence-electron chi connectivity index (χ1n) is 6.84. The Hall–Kier alpha value is -1.51.